The number of aromatic nitrogens is 2. The zero-order chi connectivity index (χ0) is 9.97. The molecule has 6 heteroatoms. The van der Waals surface area contributed by atoms with E-state index in [9.17, 15) is 0 Å². The van der Waals surface area contributed by atoms with Gasteiger partial charge in [0.15, 0.2) is 5.82 Å². The molecule has 1 unspecified atom stereocenters. The second kappa shape index (κ2) is 3.77. The van der Waals surface area contributed by atoms with Gasteiger partial charge in [0.05, 0.1) is 12.7 Å². The number of nitrogens with zero attached hydrogens (tertiary/aromatic N) is 2. The maximum Gasteiger partial charge on any atom is 0.218 e. The van der Waals surface area contributed by atoms with Crippen LogP contribution in [0, 0.1) is 0 Å². The van der Waals surface area contributed by atoms with Crippen LogP contribution >= 0.6 is 0 Å². The second-order valence-electron chi connectivity index (χ2n) is 3.01. The molecule has 1 saturated heterocycles. The van der Waals surface area contributed by atoms with Crippen molar-refractivity contribution in [3.05, 3.63) is 11.9 Å². The van der Waals surface area contributed by atoms with E-state index in [0.29, 0.717) is 19.0 Å². The van der Waals surface area contributed by atoms with Crippen LogP contribution in [-0.2, 0) is 4.74 Å². The molecule has 0 saturated carbocycles. The summed E-state index contributed by atoms with van der Waals surface area (Å²) < 4.78 is 5.36. The molecule has 1 aromatic rings. The molecule has 0 aliphatic carbocycles. The van der Waals surface area contributed by atoms with E-state index in [-0.39, 0.29) is 17.9 Å². The predicted molar refractivity (Wildman–Crippen MR) is 46.9 cm³/mol. The third kappa shape index (κ3) is 1.91. The van der Waals surface area contributed by atoms with E-state index < -0.39 is 0 Å². The van der Waals surface area contributed by atoms with Gasteiger partial charge in [-0.3, -0.25) is 0 Å². The molecule has 76 valence electrons. The zero-order valence-corrected chi connectivity index (χ0v) is 7.47. The molecule has 1 aliphatic heterocycles. The van der Waals surface area contributed by atoms with Gasteiger partial charge in [-0.15, -0.1) is 0 Å². The SMILES string of the molecule is Oc1cc(O)nc(C2CNCCO2)n1. The van der Waals surface area contributed by atoms with Gasteiger partial charge in [0.2, 0.25) is 11.8 Å². The third-order valence-electron chi connectivity index (χ3n) is 1.93. The molecule has 1 aromatic heterocycles. The molecule has 0 radical (unpaired) electrons. The predicted octanol–water partition coefficient (Wildman–Crippen LogP) is -0.451. The highest BCUT2D eigenvalue weighted by Crippen LogP contribution is 2.20. The minimum Gasteiger partial charge on any atom is -0.493 e. The normalized spacial score (nSPS) is 22.1. The minimum atomic E-state index is -0.304. The summed E-state index contributed by atoms with van der Waals surface area (Å²) in [6, 6.07) is 1.08. The Hall–Kier alpha value is -1.40. The number of rotatable bonds is 1. The molecule has 0 spiro atoms. The highest BCUT2D eigenvalue weighted by molar-refractivity contribution is 5.19. The Morgan fingerprint density at radius 3 is 2.64 bits per heavy atom. The molecule has 0 amide bonds. The van der Waals surface area contributed by atoms with Gasteiger partial charge in [0.1, 0.15) is 6.10 Å². The largest absolute Gasteiger partial charge is 0.493 e. The van der Waals surface area contributed by atoms with E-state index in [1.165, 1.54) is 0 Å². The average molecular weight is 197 g/mol. The number of hydrogen-bond donors (Lipinski definition) is 3. The van der Waals surface area contributed by atoms with Crippen molar-refractivity contribution in [3.63, 3.8) is 0 Å². The van der Waals surface area contributed by atoms with E-state index in [1.54, 1.807) is 0 Å². The van der Waals surface area contributed by atoms with Crippen LogP contribution in [0.1, 0.15) is 11.9 Å². The molecular weight excluding hydrogens is 186 g/mol. The quantitative estimate of drug-likeness (QED) is 0.565. The Labute approximate surface area is 80.6 Å². The molecule has 2 heterocycles. The summed E-state index contributed by atoms with van der Waals surface area (Å²) >= 11 is 0. The summed E-state index contributed by atoms with van der Waals surface area (Å²) in [5.74, 6) is -0.196. The highest BCUT2D eigenvalue weighted by atomic mass is 16.5. The summed E-state index contributed by atoms with van der Waals surface area (Å²) in [5, 5.41) is 21.4. The number of aromatic hydroxyl groups is 2. The molecule has 1 aliphatic rings. The van der Waals surface area contributed by atoms with E-state index >= 15 is 0 Å². The van der Waals surface area contributed by atoms with Crippen LogP contribution in [0.4, 0.5) is 0 Å². The van der Waals surface area contributed by atoms with Gasteiger partial charge in [-0.2, -0.15) is 9.97 Å². The van der Waals surface area contributed by atoms with E-state index in [1.807, 2.05) is 0 Å². The van der Waals surface area contributed by atoms with Gasteiger partial charge < -0.3 is 20.3 Å². The second-order valence-corrected chi connectivity index (χ2v) is 3.01. The molecule has 0 bridgehead atoms. The summed E-state index contributed by atoms with van der Waals surface area (Å²) in [6.45, 7) is 1.95. The Balaban J connectivity index is 2.21. The van der Waals surface area contributed by atoms with Crippen LogP contribution in [0.3, 0.4) is 0 Å². The van der Waals surface area contributed by atoms with Gasteiger partial charge in [-0.05, 0) is 0 Å². The lowest BCUT2D eigenvalue weighted by atomic mass is 10.3. The lowest BCUT2D eigenvalue weighted by molar-refractivity contribution is 0.0214. The summed E-state index contributed by atoms with van der Waals surface area (Å²) in [7, 11) is 0. The maximum absolute atomic E-state index is 9.14. The molecular formula is C8H11N3O3. The van der Waals surface area contributed by atoms with Crippen molar-refractivity contribution < 1.29 is 14.9 Å². The van der Waals surface area contributed by atoms with Crippen molar-refractivity contribution in [2.75, 3.05) is 19.7 Å². The highest BCUT2D eigenvalue weighted by Gasteiger charge is 2.19. The summed E-state index contributed by atoms with van der Waals surface area (Å²) in [5.41, 5.74) is 0. The molecule has 6 nitrogen and oxygen atoms in total. The standard InChI is InChI=1S/C8H11N3O3/c12-6-3-7(13)11-8(10-6)5-4-9-1-2-14-5/h3,5,9H,1-2,4H2,(H2,10,11,12,13). The van der Waals surface area contributed by atoms with E-state index in [4.69, 9.17) is 14.9 Å². The smallest absolute Gasteiger partial charge is 0.218 e. The first-order valence-electron chi connectivity index (χ1n) is 4.35. The molecule has 0 aromatic carbocycles. The fraction of sp³-hybridized carbons (Fsp3) is 0.500. The average Bonchev–Trinajstić information content (AvgIpc) is 2.18. The lowest BCUT2D eigenvalue weighted by Crippen LogP contribution is -2.34. The van der Waals surface area contributed by atoms with E-state index in [2.05, 4.69) is 15.3 Å². The fourth-order valence-corrected chi connectivity index (χ4v) is 1.31. The van der Waals surface area contributed by atoms with Gasteiger partial charge in [0.25, 0.3) is 0 Å². The number of nitrogens with one attached hydrogen (secondary N) is 1. The van der Waals surface area contributed by atoms with Crippen LogP contribution in [0.2, 0.25) is 0 Å². The van der Waals surface area contributed by atoms with Gasteiger partial charge >= 0.3 is 0 Å². The Morgan fingerprint density at radius 2 is 2.07 bits per heavy atom. The van der Waals surface area contributed by atoms with Crippen molar-refractivity contribution in [3.8, 4) is 11.8 Å². The Bertz CT molecular complexity index is 305. The monoisotopic (exact) mass is 197 g/mol. The van der Waals surface area contributed by atoms with Gasteiger partial charge in [0, 0.05) is 13.1 Å². The van der Waals surface area contributed by atoms with E-state index in [0.717, 1.165) is 12.6 Å². The van der Waals surface area contributed by atoms with Crippen molar-refractivity contribution in [1.82, 2.24) is 15.3 Å². The molecule has 14 heavy (non-hydrogen) atoms. The number of hydrogen-bond acceptors (Lipinski definition) is 6. The topological polar surface area (TPSA) is 87.5 Å². The Morgan fingerprint density at radius 1 is 1.36 bits per heavy atom. The number of ether oxygens (including phenoxy) is 1. The van der Waals surface area contributed by atoms with Crippen LogP contribution < -0.4 is 5.32 Å². The Kier molecular flexibility index (Phi) is 2.47. The molecule has 1 atom stereocenters. The van der Waals surface area contributed by atoms with Crippen LogP contribution in [0.15, 0.2) is 6.07 Å². The van der Waals surface area contributed by atoms with Crippen molar-refractivity contribution in [1.29, 1.82) is 0 Å². The summed E-state index contributed by atoms with van der Waals surface area (Å²) in [6.07, 6.45) is -0.304. The van der Waals surface area contributed by atoms with Crippen molar-refractivity contribution in [2.45, 2.75) is 6.10 Å². The first kappa shape index (κ1) is 9.17. The van der Waals surface area contributed by atoms with Crippen LogP contribution in [0.25, 0.3) is 0 Å². The van der Waals surface area contributed by atoms with Crippen molar-refractivity contribution in [2.24, 2.45) is 0 Å². The fourth-order valence-electron chi connectivity index (χ4n) is 1.31. The van der Waals surface area contributed by atoms with Crippen LogP contribution in [-0.4, -0.2) is 39.9 Å². The third-order valence-corrected chi connectivity index (χ3v) is 1.93. The van der Waals surface area contributed by atoms with Crippen LogP contribution in [0.5, 0.6) is 11.8 Å². The number of morpholine rings is 1. The van der Waals surface area contributed by atoms with Gasteiger partial charge in [-0.1, -0.05) is 0 Å². The lowest BCUT2D eigenvalue weighted by Gasteiger charge is -2.22. The molecule has 2 rings (SSSR count). The first-order valence-corrected chi connectivity index (χ1v) is 4.35. The summed E-state index contributed by atoms with van der Waals surface area (Å²) in [4.78, 5) is 7.55. The van der Waals surface area contributed by atoms with Crippen molar-refractivity contribution >= 4 is 0 Å². The molecule has 1 fully saturated rings. The zero-order valence-electron chi connectivity index (χ0n) is 7.47. The molecule has 3 N–H and O–H groups in total. The first-order chi connectivity index (χ1) is 6.75. The maximum atomic E-state index is 9.14. The van der Waals surface area contributed by atoms with Gasteiger partial charge in [-0.25, -0.2) is 0 Å². The minimum absolute atomic E-state index is 0.248.